The first-order valence-corrected chi connectivity index (χ1v) is 6.02. The van der Waals surface area contributed by atoms with Gasteiger partial charge in [0.25, 0.3) is 0 Å². The second kappa shape index (κ2) is 4.88. The Morgan fingerprint density at radius 1 is 1.29 bits per heavy atom. The topological polar surface area (TPSA) is 46.5 Å². The van der Waals surface area contributed by atoms with E-state index in [-0.39, 0.29) is 0 Å². The minimum absolute atomic E-state index is 0.450. The molecule has 1 saturated carbocycles. The minimum Gasteiger partial charge on any atom is -0.467 e. The Bertz CT molecular complexity index is 380. The molecule has 1 unspecified atom stereocenters. The smallest absolute Gasteiger partial charge is 0.335 e. The highest BCUT2D eigenvalue weighted by atomic mass is 16.5. The molecule has 92 valence electrons. The standard InChI is InChI=1S/C14H18O3/c1-17-13(16)12(15)14(9-5-6-10-14)11-7-3-2-4-8-11/h2-4,7-8,12,15H,5-6,9-10H2,1H3. The van der Waals surface area contributed by atoms with Crippen molar-refractivity contribution in [2.75, 3.05) is 7.11 Å². The molecule has 17 heavy (non-hydrogen) atoms. The predicted molar refractivity (Wildman–Crippen MR) is 64.6 cm³/mol. The summed E-state index contributed by atoms with van der Waals surface area (Å²) >= 11 is 0. The predicted octanol–water partition coefficient (Wildman–Crippen LogP) is 2.03. The van der Waals surface area contributed by atoms with Crippen LogP contribution in [0.3, 0.4) is 0 Å². The van der Waals surface area contributed by atoms with Gasteiger partial charge in [-0.1, -0.05) is 43.2 Å². The molecule has 0 bridgehead atoms. The van der Waals surface area contributed by atoms with Gasteiger partial charge in [-0.05, 0) is 18.4 Å². The molecular formula is C14H18O3. The fourth-order valence-electron chi connectivity index (χ4n) is 2.83. The van der Waals surface area contributed by atoms with Gasteiger partial charge in [0.1, 0.15) is 0 Å². The summed E-state index contributed by atoms with van der Waals surface area (Å²) in [6.07, 6.45) is 2.71. The van der Waals surface area contributed by atoms with E-state index >= 15 is 0 Å². The van der Waals surface area contributed by atoms with Gasteiger partial charge in [-0.2, -0.15) is 0 Å². The molecule has 0 heterocycles. The summed E-state index contributed by atoms with van der Waals surface area (Å²) < 4.78 is 4.68. The third-order valence-corrected chi connectivity index (χ3v) is 3.79. The highest BCUT2D eigenvalue weighted by Gasteiger charge is 2.45. The molecule has 1 N–H and O–H groups in total. The van der Waals surface area contributed by atoms with Gasteiger partial charge >= 0.3 is 5.97 Å². The second-order valence-corrected chi connectivity index (χ2v) is 4.65. The summed E-state index contributed by atoms with van der Waals surface area (Å²) in [7, 11) is 1.32. The molecule has 1 atom stereocenters. The number of carbonyl (C=O) groups is 1. The van der Waals surface area contributed by atoms with E-state index in [4.69, 9.17) is 0 Å². The van der Waals surface area contributed by atoms with Gasteiger partial charge in [0.05, 0.1) is 7.11 Å². The number of methoxy groups -OCH3 is 1. The van der Waals surface area contributed by atoms with Crippen LogP contribution in [0.25, 0.3) is 0 Å². The number of esters is 1. The highest BCUT2D eigenvalue weighted by Crippen LogP contribution is 2.44. The third-order valence-electron chi connectivity index (χ3n) is 3.79. The van der Waals surface area contributed by atoms with Crippen LogP contribution in [-0.4, -0.2) is 24.3 Å². The fraction of sp³-hybridized carbons (Fsp3) is 0.500. The Labute approximate surface area is 101 Å². The Balaban J connectivity index is 2.36. The second-order valence-electron chi connectivity index (χ2n) is 4.65. The van der Waals surface area contributed by atoms with Crippen LogP contribution in [0.5, 0.6) is 0 Å². The lowest BCUT2D eigenvalue weighted by Crippen LogP contribution is -2.43. The molecule has 1 aliphatic rings. The van der Waals surface area contributed by atoms with Crippen LogP contribution in [-0.2, 0) is 14.9 Å². The average Bonchev–Trinajstić information content (AvgIpc) is 2.88. The largest absolute Gasteiger partial charge is 0.467 e. The first-order chi connectivity index (χ1) is 8.20. The number of carbonyl (C=O) groups excluding carboxylic acids is 1. The van der Waals surface area contributed by atoms with Crippen molar-refractivity contribution in [1.82, 2.24) is 0 Å². The van der Waals surface area contributed by atoms with E-state index in [0.29, 0.717) is 0 Å². The number of rotatable bonds is 3. The van der Waals surface area contributed by atoms with Crippen LogP contribution in [0.2, 0.25) is 0 Å². The van der Waals surface area contributed by atoms with Crippen LogP contribution in [0.1, 0.15) is 31.2 Å². The van der Waals surface area contributed by atoms with Crippen molar-refractivity contribution in [2.45, 2.75) is 37.2 Å². The summed E-state index contributed by atoms with van der Waals surface area (Å²) in [4.78, 5) is 11.6. The zero-order chi connectivity index (χ0) is 12.3. The molecule has 1 aromatic rings. The van der Waals surface area contributed by atoms with Crippen molar-refractivity contribution in [2.24, 2.45) is 0 Å². The number of aliphatic hydroxyl groups is 1. The van der Waals surface area contributed by atoms with Gasteiger partial charge < -0.3 is 9.84 Å². The fourth-order valence-corrected chi connectivity index (χ4v) is 2.83. The molecule has 1 aromatic carbocycles. The molecule has 2 rings (SSSR count). The van der Waals surface area contributed by atoms with Crippen molar-refractivity contribution in [3.8, 4) is 0 Å². The van der Waals surface area contributed by atoms with Crippen LogP contribution < -0.4 is 0 Å². The molecule has 0 spiro atoms. The molecule has 0 saturated heterocycles. The van der Waals surface area contributed by atoms with Crippen molar-refractivity contribution >= 4 is 5.97 Å². The maximum Gasteiger partial charge on any atom is 0.335 e. The minimum atomic E-state index is -1.06. The number of aliphatic hydroxyl groups excluding tert-OH is 1. The number of hydrogen-bond acceptors (Lipinski definition) is 3. The monoisotopic (exact) mass is 234 g/mol. The maximum absolute atomic E-state index is 11.6. The quantitative estimate of drug-likeness (QED) is 0.814. The zero-order valence-electron chi connectivity index (χ0n) is 10.1. The SMILES string of the molecule is COC(=O)C(O)C1(c2ccccc2)CCCC1. The zero-order valence-corrected chi connectivity index (χ0v) is 10.1. The first kappa shape index (κ1) is 12.1. The molecule has 3 nitrogen and oxygen atoms in total. The van der Waals surface area contributed by atoms with Gasteiger partial charge in [-0.15, -0.1) is 0 Å². The molecule has 1 fully saturated rings. The first-order valence-electron chi connectivity index (χ1n) is 6.02. The third kappa shape index (κ3) is 2.07. The van der Waals surface area contributed by atoms with Crippen LogP contribution in [0.15, 0.2) is 30.3 Å². The van der Waals surface area contributed by atoms with E-state index in [2.05, 4.69) is 4.74 Å². The summed E-state index contributed by atoms with van der Waals surface area (Å²) in [5, 5.41) is 10.2. The summed E-state index contributed by atoms with van der Waals surface area (Å²) in [5.41, 5.74) is 0.587. The van der Waals surface area contributed by atoms with Crippen LogP contribution in [0.4, 0.5) is 0 Å². The van der Waals surface area contributed by atoms with Gasteiger partial charge in [-0.3, -0.25) is 0 Å². The van der Waals surface area contributed by atoms with E-state index in [9.17, 15) is 9.90 Å². The average molecular weight is 234 g/mol. The summed E-state index contributed by atoms with van der Waals surface area (Å²) in [6.45, 7) is 0. The summed E-state index contributed by atoms with van der Waals surface area (Å²) in [6, 6.07) is 9.80. The molecule has 3 heteroatoms. The van der Waals surface area contributed by atoms with Crippen molar-refractivity contribution in [3.05, 3.63) is 35.9 Å². The van der Waals surface area contributed by atoms with Crippen molar-refractivity contribution in [1.29, 1.82) is 0 Å². The van der Waals surface area contributed by atoms with Gasteiger partial charge in [0, 0.05) is 5.41 Å². The van der Waals surface area contributed by atoms with Gasteiger partial charge in [-0.25, -0.2) is 4.79 Å². The molecular weight excluding hydrogens is 216 g/mol. The number of benzene rings is 1. The van der Waals surface area contributed by atoms with Gasteiger partial charge in [0.2, 0.25) is 0 Å². The number of ether oxygens (including phenoxy) is 1. The lowest BCUT2D eigenvalue weighted by molar-refractivity contribution is -0.154. The summed E-state index contributed by atoms with van der Waals surface area (Å²) in [5.74, 6) is -0.532. The molecule has 0 aromatic heterocycles. The van der Waals surface area contributed by atoms with Gasteiger partial charge in [0.15, 0.2) is 6.10 Å². The van der Waals surface area contributed by atoms with E-state index in [1.165, 1.54) is 7.11 Å². The Kier molecular flexibility index (Phi) is 3.48. The Hall–Kier alpha value is -1.35. The van der Waals surface area contributed by atoms with Crippen LogP contribution in [0, 0.1) is 0 Å². The Morgan fingerprint density at radius 2 is 1.88 bits per heavy atom. The molecule has 0 radical (unpaired) electrons. The van der Waals surface area contributed by atoms with E-state index < -0.39 is 17.5 Å². The van der Waals surface area contributed by atoms with E-state index in [1.807, 2.05) is 30.3 Å². The lowest BCUT2D eigenvalue weighted by Gasteiger charge is -2.33. The highest BCUT2D eigenvalue weighted by molar-refractivity contribution is 5.76. The molecule has 1 aliphatic carbocycles. The maximum atomic E-state index is 11.6. The van der Waals surface area contributed by atoms with Crippen molar-refractivity contribution < 1.29 is 14.6 Å². The lowest BCUT2D eigenvalue weighted by atomic mass is 9.74. The van der Waals surface area contributed by atoms with E-state index in [0.717, 1.165) is 31.2 Å². The van der Waals surface area contributed by atoms with Crippen LogP contribution >= 0.6 is 0 Å². The number of hydrogen-bond donors (Lipinski definition) is 1. The Morgan fingerprint density at radius 3 is 2.41 bits per heavy atom. The normalized spacial score (nSPS) is 19.9. The molecule has 0 amide bonds. The van der Waals surface area contributed by atoms with Crippen molar-refractivity contribution in [3.63, 3.8) is 0 Å². The van der Waals surface area contributed by atoms with E-state index in [1.54, 1.807) is 0 Å². The molecule has 0 aliphatic heterocycles.